The van der Waals surface area contributed by atoms with E-state index in [9.17, 15) is 4.79 Å². The quantitative estimate of drug-likeness (QED) is 0.674. The first-order chi connectivity index (χ1) is 6.06. The van der Waals surface area contributed by atoms with Gasteiger partial charge in [0.2, 0.25) is 0 Å². The predicted molar refractivity (Wildman–Crippen MR) is 50.2 cm³/mol. The minimum atomic E-state index is -0.224. The van der Waals surface area contributed by atoms with Gasteiger partial charge in [-0.15, -0.1) is 5.10 Å². The van der Waals surface area contributed by atoms with Crippen molar-refractivity contribution in [3.63, 3.8) is 0 Å². The van der Waals surface area contributed by atoms with Gasteiger partial charge in [0.1, 0.15) is 5.82 Å². The minimum Gasteiger partial charge on any atom is -0.382 e. The molecule has 1 heterocycles. The lowest BCUT2D eigenvalue weighted by Crippen LogP contribution is -2.27. The molecule has 0 aliphatic rings. The summed E-state index contributed by atoms with van der Waals surface area (Å²) in [6.45, 7) is 3.86. The van der Waals surface area contributed by atoms with Gasteiger partial charge in [0, 0.05) is 24.2 Å². The second-order valence-electron chi connectivity index (χ2n) is 3.10. The maximum absolute atomic E-state index is 11.6. The molecule has 5 heteroatoms. The third-order valence-corrected chi connectivity index (χ3v) is 1.89. The van der Waals surface area contributed by atoms with Gasteiger partial charge < -0.3 is 11.5 Å². The van der Waals surface area contributed by atoms with Crippen molar-refractivity contribution in [2.45, 2.75) is 13.8 Å². The Bertz CT molecular complexity index is 318. The van der Waals surface area contributed by atoms with E-state index in [1.807, 2.05) is 0 Å². The molecule has 0 radical (unpaired) electrons. The number of anilines is 1. The van der Waals surface area contributed by atoms with Crippen LogP contribution in [-0.4, -0.2) is 22.2 Å². The summed E-state index contributed by atoms with van der Waals surface area (Å²) in [5.41, 5.74) is 11.6. The maximum Gasteiger partial charge on any atom is 0.251 e. The minimum absolute atomic E-state index is 0.114. The standard InChI is InChI=1S/C8H14N4O/c1-5(4-9)8(13)12-6(2)3-7(10)11-12/h3,5H,4,9H2,1-2H3,(H2,10,11). The molecule has 0 aliphatic heterocycles. The fourth-order valence-corrected chi connectivity index (χ4v) is 1.03. The third kappa shape index (κ3) is 1.86. The molecule has 1 rings (SSSR count). The summed E-state index contributed by atoms with van der Waals surface area (Å²) in [7, 11) is 0. The fraction of sp³-hybridized carbons (Fsp3) is 0.500. The van der Waals surface area contributed by atoms with E-state index in [2.05, 4.69) is 5.10 Å². The molecule has 0 saturated carbocycles. The maximum atomic E-state index is 11.6. The fourth-order valence-electron chi connectivity index (χ4n) is 1.03. The Hall–Kier alpha value is -1.36. The SMILES string of the molecule is Cc1cc(N)nn1C(=O)C(C)CN. The van der Waals surface area contributed by atoms with Gasteiger partial charge in [-0.1, -0.05) is 6.92 Å². The molecule has 1 atom stereocenters. The summed E-state index contributed by atoms with van der Waals surface area (Å²) in [5, 5.41) is 3.87. The second-order valence-corrected chi connectivity index (χ2v) is 3.10. The lowest BCUT2D eigenvalue weighted by molar-refractivity contribution is 0.0830. The van der Waals surface area contributed by atoms with Gasteiger partial charge in [0.05, 0.1) is 0 Å². The topological polar surface area (TPSA) is 86.9 Å². The Kier molecular flexibility index (Phi) is 2.67. The van der Waals surface area contributed by atoms with E-state index in [0.717, 1.165) is 5.69 Å². The number of aryl methyl sites for hydroxylation is 1. The number of nitrogens with two attached hydrogens (primary N) is 2. The first kappa shape index (κ1) is 9.73. The van der Waals surface area contributed by atoms with Gasteiger partial charge in [0.15, 0.2) is 0 Å². The molecule has 0 spiro atoms. The highest BCUT2D eigenvalue weighted by atomic mass is 16.2. The van der Waals surface area contributed by atoms with Crippen molar-refractivity contribution in [3.8, 4) is 0 Å². The normalized spacial score (nSPS) is 12.8. The molecule has 5 nitrogen and oxygen atoms in total. The van der Waals surface area contributed by atoms with E-state index < -0.39 is 0 Å². The van der Waals surface area contributed by atoms with Crippen LogP contribution in [0.15, 0.2) is 6.07 Å². The molecular formula is C8H14N4O. The Morgan fingerprint density at radius 3 is 2.77 bits per heavy atom. The van der Waals surface area contributed by atoms with Crippen molar-refractivity contribution < 1.29 is 4.79 Å². The number of hydrogen-bond donors (Lipinski definition) is 2. The molecule has 0 aromatic carbocycles. The smallest absolute Gasteiger partial charge is 0.251 e. The summed E-state index contributed by atoms with van der Waals surface area (Å²) in [4.78, 5) is 11.6. The summed E-state index contributed by atoms with van der Waals surface area (Å²) >= 11 is 0. The van der Waals surface area contributed by atoms with Crippen molar-refractivity contribution in [3.05, 3.63) is 11.8 Å². The van der Waals surface area contributed by atoms with Gasteiger partial charge >= 0.3 is 0 Å². The van der Waals surface area contributed by atoms with Crippen LogP contribution in [0.5, 0.6) is 0 Å². The number of carbonyl (C=O) groups excluding carboxylic acids is 1. The molecule has 0 saturated heterocycles. The van der Waals surface area contributed by atoms with E-state index >= 15 is 0 Å². The Labute approximate surface area is 76.7 Å². The molecule has 1 aromatic rings. The van der Waals surface area contributed by atoms with Gasteiger partial charge in [-0.25, -0.2) is 4.68 Å². The molecule has 4 N–H and O–H groups in total. The molecule has 1 unspecified atom stereocenters. The summed E-state index contributed by atoms with van der Waals surface area (Å²) in [6.07, 6.45) is 0. The highest BCUT2D eigenvalue weighted by molar-refractivity contribution is 5.81. The average Bonchev–Trinajstić information content (AvgIpc) is 2.42. The van der Waals surface area contributed by atoms with E-state index in [1.54, 1.807) is 19.9 Å². The van der Waals surface area contributed by atoms with E-state index in [1.165, 1.54) is 4.68 Å². The first-order valence-electron chi connectivity index (χ1n) is 4.12. The van der Waals surface area contributed by atoms with E-state index in [0.29, 0.717) is 12.4 Å². The number of carbonyl (C=O) groups is 1. The average molecular weight is 182 g/mol. The van der Waals surface area contributed by atoms with Crippen LogP contribution in [-0.2, 0) is 0 Å². The van der Waals surface area contributed by atoms with Crippen molar-refractivity contribution in [2.75, 3.05) is 12.3 Å². The number of nitrogens with zero attached hydrogens (tertiary/aromatic N) is 2. The van der Waals surface area contributed by atoms with E-state index in [-0.39, 0.29) is 11.8 Å². The van der Waals surface area contributed by atoms with E-state index in [4.69, 9.17) is 11.5 Å². The van der Waals surface area contributed by atoms with Gasteiger partial charge in [0.25, 0.3) is 5.91 Å². The molecule has 0 amide bonds. The number of nitrogen functional groups attached to an aromatic ring is 1. The largest absolute Gasteiger partial charge is 0.382 e. The molecule has 13 heavy (non-hydrogen) atoms. The van der Waals surface area contributed by atoms with Crippen molar-refractivity contribution >= 4 is 11.7 Å². The Morgan fingerprint density at radius 1 is 1.77 bits per heavy atom. The number of rotatable bonds is 2. The third-order valence-electron chi connectivity index (χ3n) is 1.89. The molecule has 1 aromatic heterocycles. The van der Waals surface area contributed by atoms with Crippen LogP contribution in [0.4, 0.5) is 5.82 Å². The van der Waals surface area contributed by atoms with Crippen LogP contribution < -0.4 is 11.5 Å². The monoisotopic (exact) mass is 182 g/mol. The van der Waals surface area contributed by atoms with Crippen molar-refractivity contribution in [1.82, 2.24) is 9.78 Å². The zero-order chi connectivity index (χ0) is 10.0. The van der Waals surface area contributed by atoms with Gasteiger partial charge in [-0.05, 0) is 6.92 Å². The van der Waals surface area contributed by atoms with Crippen LogP contribution in [0.3, 0.4) is 0 Å². The highest BCUT2D eigenvalue weighted by Crippen LogP contribution is 2.07. The van der Waals surface area contributed by atoms with Crippen LogP contribution >= 0.6 is 0 Å². The number of hydrogen-bond acceptors (Lipinski definition) is 4. The lowest BCUT2D eigenvalue weighted by atomic mass is 10.2. The first-order valence-corrected chi connectivity index (χ1v) is 4.12. The molecule has 0 aliphatic carbocycles. The van der Waals surface area contributed by atoms with Gasteiger partial charge in [-0.3, -0.25) is 4.79 Å². The molecular weight excluding hydrogens is 168 g/mol. The highest BCUT2D eigenvalue weighted by Gasteiger charge is 2.16. The summed E-state index contributed by atoms with van der Waals surface area (Å²) in [6, 6.07) is 1.65. The lowest BCUT2D eigenvalue weighted by Gasteiger charge is -2.07. The van der Waals surface area contributed by atoms with Crippen LogP contribution in [0.2, 0.25) is 0 Å². The Morgan fingerprint density at radius 2 is 2.38 bits per heavy atom. The molecule has 0 fully saturated rings. The molecule has 0 bridgehead atoms. The second kappa shape index (κ2) is 3.57. The van der Waals surface area contributed by atoms with Crippen molar-refractivity contribution in [2.24, 2.45) is 11.7 Å². The number of aromatic nitrogens is 2. The van der Waals surface area contributed by atoms with Crippen molar-refractivity contribution in [1.29, 1.82) is 0 Å². The zero-order valence-electron chi connectivity index (χ0n) is 7.82. The van der Waals surface area contributed by atoms with Crippen LogP contribution in [0.1, 0.15) is 17.4 Å². The van der Waals surface area contributed by atoms with Crippen LogP contribution in [0.25, 0.3) is 0 Å². The Balaban J connectivity index is 2.94. The summed E-state index contributed by atoms with van der Waals surface area (Å²) in [5.74, 6) is 0.0183. The van der Waals surface area contributed by atoms with Gasteiger partial charge in [-0.2, -0.15) is 0 Å². The molecule has 72 valence electrons. The predicted octanol–water partition coefficient (Wildman–Crippen LogP) is 0.00872. The summed E-state index contributed by atoms with van der Waals surface area (Å²) < 4.78 is 1.30. The van der Waals surface area contributed by atoms with Crippen LogP contribution in [0, 0.1) is 12.8 Å². The zero-order valence-corrected chi connectivity index (χ0v) is 7.82.